The molecule has 2 fully saturated rings. The minimum Gasteiger partial charge on any atom is -0.499 e. The van der Waals surface area contributed by atoms with Crippen LogP contribution in [-0.2, 0) is 11.2 Å². The third-order valence-electron chi connectivity index (χ3n) is 6.62. The Morgan fingerprint density at radius 1 is 1.00 bits per heavy atom. The summed E-state index contributed by atoms with van der Waals surface area (Å²) in [6.07, 6.45) is 13.4. The fourth-order valence-corrected chi connectivity index (χ4v) is 5.03. The number of hydrogen-bond donors (Lipinski definition) is 0. The molecule has 0 saturated heterocycles. The van der Waals surface area contributed by atoms with E-state index in [-0.39, 0.29) is 0 Å². The molecule has 2 nitrogen and oxygen atoms in total. The van der Waals surface area contributed by atoms with Crippen molar-refractivity contribution >= 4 is 0 Å². The molecule has 0 N–H and O–H groups in total. The summed E-state index contributed by atoms with van der Waals surface area (Å²) in [4.78, 5) is 0. The highest BCUT2D eigenvalue weighted by Crippen LogP contribution is 2.41. The van der Waals surface area contributed by atoms with Crippen molar-refractivity contribution in [3.63, 3.8) is 0 Å². The van der Waals surface area contributed by atoms with Crippen LogP contribution in [0.3, 0.4) is 0 Å². The Labute approximate surface area is 161 Å². The first kappa shape index (κ1) is 19.9. The average Bonchev–Trinajstić information content (AvgIpc) is 2.67. The van der Waals surface area contributed by atoms with Crippen molar-refractivity contribution in [1.29, 1.82) is 5.26 Å². The van der Waals surface area contributed by atoms with Gasteiger partial charge in [-0.2, -0.15) is 5.26 Å². The van der Waals surface area contributed by atoms with E-state index in [1.807, 2.05) is 0 Å². The van der Waals surface area contributed by atoms with Crippen LogP contribution < -0.4 is 0 Å². The fraction of sp³-hybridized carbons (Fsp3) is 0.609. The molecule has 1 aromatic carbocycles. The molecule has 0 atom stereocenters. The van der Waals surface area contributed by atoms with Gasteiger partial charge in [-0.25, -0.2) is 8.78 Å². The number of nitriles is 1. The SMILES string of the molecule is C=COC1CCC(C2CCC(CCc3cc(F)c(C#N)c(F)c3)CC2)CC1. The van der Waals surface area contributed by atoms with Gasteiger partial charge < -0.3 is 4.74 Å². The van der Waals surface area contributed by atoms with Crippen LogP contribution in [0.15, 0.2) is 25.0 Å². The van der Waals surface area contributed by atoms with Gasteiger partial charge in [0.05, 0.1) is 12.4 Å². The van der Waals surface area contributed by atoms with Crippen LogP contribution in [0.4, 0.5) is 8.78 Å². The van der Waals surface area contributed by atoms with Crippen molar-refractivity contribution in [2.45, 2.75) is 70.3 Å². The Balaban J connectivity index is 1.43. The molecule has 4 heteroatoms. The van der Waals surface area contributed by atoms with Crippen LogP contribution >= 0.6 is 0 Å². The Kier molecular flexibility index (Phi) is 6.88. The third-order valence-corrected chi connectivity index (χ3v) is 6.62. The number of nitrogens with zero attached hydrogens (tertiary/aromatic N) is 1. The number of ether oxygens (including phenoxy) is 1. The van der Waals surface area contributed by atoms with Crippen molar-refractivity contribution < 1.29 is 13.5 Å². The monoisotopic (exact) mass is 373 g/mol. The molecule has 0 amide bonds. The summed E-state index contributed by atoms with van der Waals surface area (Å²) in [6, 6.07) is 4.21. The molecule has 0 spiro atoms. The van der Waals surface area contributed by atoms with Gasteiger partial charge in [-0.1, -0.05) is 19.4 Å². The van der Waals surface area contributed by atoms with Crippen molar-refractivity contribution in [3.05, 3.63) is 47.7 Å². The lowest BCUT2D eigenvalue weighted by molar-refractivity contribution is 0.0636. The molecule has 0 radical (unpaired) electrons. The Morgan fingerprint density at radius 3 is 2.07 bits per heavy atom. The van der Waals surface area contributed by atoms with Gasteiger partial charge in [0.25, 0.3) is 0 Å². The van der Waals surface area contributed by atoms with Crippen LogP contribution in [0, 0.1) is 40.7 Å². The highest BCUT2D eigenvalue weighted by atomic mass is 19.1. The zero-order valence-corrected chi connectivity index (χ0v) is 15.9. The van der Waals surface area contributed by atoms with E-state index in [1.54, 1.807) is 12.3 Å². The highest BCUT2D eigenvalue weighted by Gasteiger charge is 2.31. The van der Waals surface area contributed by atoms with Crippen LogP contribution in [0.2, 0.25) is 0 Å². The van der Waals surface area contributed by atoms with Crippen LogP contribution in [0.25, 0.3) is 0 Å². The molecule has 1 aromatic rings. The number of rotatable bonds is 6. The molecule has 27 heavy (non-hydrogen) atoms. The quantitative estimate of drug-likeness (QED) is 0.549. The van der Waals surface area contributed by atoms with Gasteiger partial charge in [-0.05, 0) is 86.8 Å². The van der Waals surface area contributed by atoms with E-state index in [0.29, 0.717) is 24.0 Å². The lowest BCUT2D eigenvalue weighted by atomic mass is 9.70. The summed E-state index contributed by atoms with van der Waals surface area (Å²) in [5.41, 5.74) is 0.180. The first-order valence-electron chi connectivity index (χ1n) is 10.2. The Morgan fingerprint density at radius 2 is 1.56 bits per heavy atom. The van der Waals surface area contributed by atoms with E-state index < -0.39 is 17.2 Å². The summed E-state index contributed by atoms with van der Waals surface area (Å²) in [5, 5.41) is 8.76. The summed E-state index contributed by atoms with van der Waals surface area (Å²) in [7, 11) is 0. The second kappa shape index (κ2) is 9.35. The number of hydrogen-bond acceptors (Lipinski definition) is 2. The molecule has 0 unspecified atom stereocenters. The molecule has 2 aliphatic rings. The first-order valence-corrected chi connectivity index (χ1v) is 10.2. The van der Waals surface area contributed by atoms with Gasteiger partial charge in [0.1, 0.15) is 23.3 Å². The molecule has 0 aliphatic heterocycles. The van der Waals surface area contributed by atoms with Crippen molar-refractivity contribution in [2.75, 3.05) is 0 Å². The van der Waals surface area contributed by atoms with Crippen LogP contribution in [0.5, 0.6) is 0 Å². The van der Waals surface area contributed by atoms with E-state index in [1.165, 1.54) is 50.7 Å². The molecule has 0 aromatic heterocycles. The first-order chi connectivity index (χ1) is 13.1. The van der Waals surface area contributed by atoms with Crippen molar-refractivity contribution in [1.82, 2.24) is 0 Å². The maximum Gasteiger partial charge on any atom is 0.144 e. The summed E-state index contributed by atoms with van der Waals surface area (Å²) in [6.45, 7) is 3.65. The smallest absolute Gasteiger partial charge is 0.144 e. The Hall–Kier alpha value is -1.89. The molecule has 0 bridgehead atoms. The van der Waals surface area contributed by atoms with Crippen LogP contribution in [-0.4, -0.2) is 6.10 Å². The van der Waals surface area contributed by atoms with Gasteiger partial charge >= 0.3 is 0 Å². The minimum atomic E-state index is -0.743. The summed E-state index contributed by atoms with van der Waals surface area (Å²) < 4.78 is 33.0. The lowest BCUT2D eigenvalue weighted by Gasteiger charge is -2.37. The van der Waals surface area contributed by atoms with E-state index in [9.17, 15) is 8.78 Å². The maximum absolute atomic E-state index is 13.7. The molecular formula is C23H29F2NO. The van der Waals surface area contributed by atoms with Crippen molar-refractivity contribution in [2.24, 2.45) is 17.8 Å². The topological polar surface area (TPSA) is 33.0 Å². The predicted octanol–water partition coefficient (Wildman–Crippen LogP) is 6.29. The van der Waals surface area contributed by atoms with Crippen molar-refractivity contribution in [3.8, 4) is 6.07 Å². The average molecular weight is 373 g/mol. The van der Waals surface area contributed by atoms with Crippen LogP contribution in [0.1, 0.15) is 68.9 Å². The number of benzene rings is 1. The summed E-state index contributed by atoms with van der Waals surface area (Å²) >= 11 is 0. The predicted molar refractivity (Wildman–Crippen MR) is 102 cm³/mol. The minimum absolute atomic E-state index is 0.364. The maximum atomic E-state index is 13.7. The number of halogens is 2. The second-order valence-electron chi connectivity index (χ2n) is 8.21. The lowest BCUT2D eigenvalue weighted by Crippen LogP contribution is -2.28. The molecule has 146 valence electrons. The van der Waals surface area contributed by atoms with Gasteiger partial charge in [0, 0.05) is 0 Å². The van der Waals surface area contributed by atoms with Gasteiger partial charge in [-0.3, -0.25) is 0 Å². The highest BCUT2D eigenvalue weighted by molar-refractivity contribution is 5.35. The van der Waals surface area contributed by atoms with E-state index >= 15 is 0 Å². The zero-order valence-electron chi connectivity index (χ0n) is 15.9. The van der Waals surface area contributed by atoms with E-state index in [2.05, 4.69) is 6.58 Å². The standard InChI is InChI=1S/C23H29F2NO/c1-2-27-20-11-9-19(10-12-20)18-7-5-16(6-8-18)3-4-17-13-22(24)21(15-26)23(25)14-17/h2,13-14,16,18-20H,1,3-12H2. The molecule has 0 heterocycles. The Bertz CT molecular complexity index is 657. The summed E-state index contributed by atoms with van der Waals surface area (Å²) in [5.74, 6) is 0.816. The van der Waals surface area contributed by atoms with Gasteiger partial charge in [0.15, 0.2) is 0 Å². The van der Waals surface area contributed by atoms with E-state index in [0.717, 1.165) is 31.1 Å². The van der Waals surface area contributed by atoms with Gasteiger partial charge in [0.2, 0.25) is 0 Å². The number of aryl methyl sites for hydroxylation is 1. The van der Waals surface area contributed by atoms with E-state index in [4.69, 9.17) is 10.00 Å². The largest absolute Gasteiger partial charge is 0.499 e. The normalized spacial score (nSPS) is 28.3. The third kappa shape index (κ3) is 5.09. The molecule has 2 saturated carbocycles. The molecular weight excluding hydrogens is 344 g/mol. The zero-order chi connectivity index (χ0) is 19.2. The fourth-order valence-electron chi connectivity index (χ4n) is 5.03. The molecule has 3 rings (SSSR count). The second-order valence-corrected chi connectivity index (χ2v) is 8.21. The van der Waals surface area contributed by atoms with Gasteiger partial charge in [-0.15, -0.1) is 0 Å². The molecule has 2 aliphatic carbocycles.